The van der Waals surface area contributed by atoms with Crippen molar-refractivity contribution in [3.05, 3.63) is 58.5 Å². The molecular formula is C21H19NO8. The smallest absolute Gasteiger partial charge is 0.322 e. The van der Waals surface area contributed by atoms with Crippen molar-refractivity contribution in [2.24, 2.45) is 5.73 Å². The van der Waals surface area contributed by atoms with Crippen LogP contribution in [0.15, 0.2) is 34.7 Å². The molecule has 1 atom stereocenters. The van der Waals surface area contributed by atoms with Crippen molar-refractivity contribution in [1.82, 2.24) is 0 Å². The minimum Gasteiger partial charge on any atom is -0.465 e. The zero-order valence-electron chi connectivity index (χ0n) is 16.1. The Morgan fingerprint density at radius 3 is 2.30 bits per heavy atom. The van der Waals surface area contributed by atoms with Crippen LogP contribution < -0.4 is 5.73 Å². The molecule has 0 amide bonds. The molecule has 1 aliphatic carbocycles. The first-order chi connectivity index (χ1) is 14.3. The van der Waals surface area contributed by atoms with E-state index in [4.69, 9.17) is 19.6 Å². The third kappa shape index (κ3) is 4.36. The van der Waals surface area contributed by atoms with E-state index in [-0.39, 0.29) is 47.8 Å². The molecule has 1 unspecified atom stereocenters. The first kappa shape index (κ1) is 21.1. The molecule has 2 aromatic rings. The van der Waals surface area contributed by atoms with Crippen LogP contribution in [-0.4, -0.2) is 48.5 Å². The lowest BCUT2D eigenvalue weighted by Gasteiger charge is -2.11. The summed E-state index contributed by atoms with van der Waals surface area (Å²) >= 11 is 0. The highest BCUT2D eigenvalue weighted by Crippen LogP contribution is 2.30. The number of carbonyl (C=O) groups excluding carboxylic acids is 5. The topological polar surface area (TPSA) is 143 Å². The molecule has 9 nitrogen and oxygen atoms in total. The van der Waals surface area contributed by atoms with E-state index < -0.39 is 41.8 Å². The minimum absolute atomic E-state index is 0.00800. The third-order valence-corrected chi connectivity index (χ3v) is 4.35. The monoisotopic (exact) mass is 413 g/mol. The predicted octanol–water partition coefficient (Wildman–Crippen LogP) is 1.45. The standard InChI is InChI=1S/C21H19NO8/c1-11(22)21(27)29-8-4-7-28-17(24)10-15(23)16-9-14-18(25)12-5-2-3-6-13(12)19(26)20(14)30-16/h2-3,5-6,9,11H,4,7-8,10,22H2,1H3. The fraction of sp³-hybridized carbons (Fsp3) is 0.286. The van der Waals surface area contributed by atoms with E-state index in [0.717, 1.165) is 0 Å². The molecule has 0 radical (unpaired) electrons. The summed E-state index contributed by atoms with van der Waals surface area (Å²) < 4.78 is 15.0. The second kappa shape index (κ2) is 8.83. The van der Waals surface area contributed by atoms with Gasteiger partial charge in [0.1, 0.15) is 12.5 Å². The van der Waals surface area contributed by atoms with Gasteiger partial charge in [0.15, 0.2) is 17.3 Å². The van der Waals surface area contributed by atoms with Gasteiger partial charge in [0, 0.05) is 17.5 Å². The van der Waals surface area contributed by atoms with Gasteiger partial charge < -0.3 is 19.6 Å². The molecular weight excluding hydrogens is 394 g/mol. The number of esters is 2. The average Bonchev–Trinajstić information content (AvgIpc) is 3.17. The minimum atomic E-state index is -0.811. The summed E-state index contributed by atoms with van der Waals surface area (Å²) in [6.45, 7) is 1.46. The number of hydrogen-bond donors (Lipinski definition) is 1. The van der Waals surface area contributed by atoms with E-state index in [9.17, 15) is 24.0 Å². The highest BCUT2D eigenvalue weighted by Gasteiger charge is 2.34. The van der Waals surface area contributed by atoms with Gasteiger partial charge in [0.25, 0.3) is 0 Å². The number of furan rings is 1. The van der Waals surface area contributed by atoms with Crippen molar-refractivity contribution >= 4 is 29.3 Å². The summed E-state index contributed by atoms with van der Waals surface area (Å²) in [5, 5.41) is 0. The molecule has 0 saturated carbocycles. The fourth-order valence-electron chi connectivity index (χ4n) is 2.83. The zero-order valence-corrected chi connectivity index (χ0v) is 16.1. The Labute approximate surface area is 171 Å². The predicted molar refractivity (Wildman–Crippen MR) is 101 cm³/mol. The van der Waals surface area contributed by atoms with Crippen molar-refractivity contribution in [1.29, 1.82) is 0 Å². The summed E-state index contributed by atoms with van der Waals surface area (Å²) in [4.78, 5) is 60.4. The maximum Gasteiger partial charge on any atom is 0.322 e. The van der Waals surface area contributed by atoms with E-state index in [0.29, 0.717) is 0 Å². The van der Waals surface area contributed by atoms with Gasteiger partial charge >= 0.3 is 11.9 Å². The van der Waals surface area contributed by atoms with Gasteiger partial charge in [-0.15, -0.1) is 0 Å². The molecule has 30 heavy (non-hydrogen) atoms. The summed E-state index contributed by atoms with van der Waals surface area (Å²) in [5.74, 6) is -3.50. The molecule has 0 spiro atoms. The number of hydrogen-bond acceptors (Lipinski definition) is 9. The molecule has 0 fully saturated rings. The highest BCUT2D eigenvalue weighted by atomic mass is 16.5. The summed E-state index contributed by atoms with van der Waals surface area (Å²) in [7, 11) is 0. The van der Waals surface area contributed by atoms with Gasteiger partial charge in [-0.1, -0.05) is 24.3 Å². The molecule has 2 N–H and O–H groups in total. The summed E-state index contributed by atoms with van der Waals surface area (Å²) in [6, 6.07) is 6.72. The highest BCUT2D eigenvalue weighted by molar-refractivity contribution is 6.28. The van der Waals surface area contributed by atoms with Crippen molar-refractivity contribution in [2.75, 3.05) is 13.2 Å². The Morgan fingerprint density at radius 2 is 1.63 bits per heavy atom. The van der Waals surface area contributed by atoms with Crippen LogP contribution in [-0.2, 0) is 19.1 Å². The Bertz CT molecular complexity index is 981. The van der Waals surface area contributed by atoms with Gasteiger partial charge in [-0.2, -0.15) is 0 Å². The van der Waals surface area contributed by atoms with Crippen LogP contribution in [0, 0.1) is 0 Å². The Morgan fingerprint density at radius 1 is 1.00 bits per heavy atom. The average molecular weight is 413 g/mol. The fourth-order valence-corrected chi connectivity index (χ4v) is 2.83. The first-order valence-corrected chi connectivity index (χ1v) is 9.23. The van der Waals surface area contributed by atoms with Crippen LogP contribution in [0.3, 0.4) is 0 Å². The van der Waals surface area contributed by atoms with Gasteiger partial charge in [0.2, 0.25) is 11.6 Å². The number of rotatable bonds is 8. The maximum absolute atomic E-state index is 12.5. The summed E-state index contributed by atoms with van der Waals surface area (Å²) in [5.41, 5.74) is 5.77. The molecule has 1 aromatic carbocycles. The largest absolute Gasteiger partial charge is 0.465 e. The number of benzene rings is 1. The van der Waals surface area contributed by atoms with Gasteiger partial charge in [-0.05, 0) is 13.0 Å². The molecule has 0 saturated heterocycles. The summed E-state index contributed by atoms with van der Waals surface area (Å²) in [6.07, 6.45) is -0.379. The lowest BCUT2D eigenvalue weighted by molar-refractivity contribution is -0.146. The van der Waals surface area contributed by atoms with E-state index in [1.54, 1.807) is 12.1 Å². The molecule has 1 aliphatic rings. The van der Waals surface area contributed by atoms with Crippen molar-refractivity contribution in [3.8, 4) is 0 Å². The number of Topliss-reactive ketones (excluding diaryl/α,β-unsaturated/α-hetero) is 1. The van der Waals surface area contributed by atoms with Crippen LogP contribution in [0.2, 0.25) is 0 Å². The van der Waals surface area contributed by atoms with Crippen LogP contribution in [0.5, 0.6) is 0 Å². The molecule has 9 heteroatoms. The molecule has 1 aromatic heterocycles. The lowest BCUT2D eigenvalue weighted by Crippen LogP contribution is -2.29. The van der Waals surface area contributed by atoms with Crippen LogP contribution in [0.25, 0.3) is 0 Å². The van der Waals surface area contributed by atoms with Crippen molar-refractivity contribution in [3.63, 3.8) is 0 Å². The van der Waals surface area contributed by atoms with E-state index >= 15 is 0 Å². The van der Waals surface area contributed by atoms with Gasteiger partial charge in [-0.3, -0.25) is 24.0 Å². The van der Waals surface area contributed by atoms with Gasteiger partial charge in [-0.25, -0.2) is 0 Å². The number of ether oxygens (including phenoxy) is 2. The number of nitrogens with two attached hydrogens (primary N) is 1. The normalized spacial score (nSPS) is 13.3. The Kier molecular flexibility index (Phi) is 6.22. The SMILES string of the molecule is CC(N)C(=O)OCCCOC(=O)CC(=O)c1cc2c(o1)C(=O)c1ccccc1C2=O. The molecule has 0 bridgehead atoms. The zero-order chi connectivity index (χ0) is 21.8. The number of carbonyl (C=O) groups is 5. The second-order valence-corrected chi connectivity index (χ2v) is 6.69. The second-order valence-electron chi connectivity index (χ2n) is 6.69. The maximum atomic E-state index is 12.5. The Hall–Kier alpha value is -3.59. The van der Waals surface area contributed by atoms with Crippen molar-refractivity contribution in [2.45, 2.75) is 25.8 Å². The van der Waals surface area contributed by atoms with Gasteiger partial charge in [0.05, 0.1) is 18.8 Å². The van der Waals surface area contributed by atoms with E-state index in [2.05, 4.69) is 0 Å². The first-order valence-electron chi connectivity index (χ1n) is 9.23. The van der Waals surface area contributed by atoms with Crippen LogP contribution in [0.1, 0.15) is 62.4 Å². The van der Waals surface area contributed by atoms with Crippen molar-refractivity contribution < 1.29 is 37.9 Å². The van der Waals surface area contributed by atoms with Crippen LogP contribution in [0.4, 0.5) is 0 Å². The number of ketones is 3. The van der Waals surface area contributed by atoms with E-state index in [1.807, 2.05) is 0 Å². The van der Waals surface area contributed by atoms with Crippen LogP contribution >= 0.6 is 0 Å². The van der Waals surface area contributed by atoms with E-state index in [1.165, 1.54) is 25.1 Å². The molecule has 3 rings (SSSR count). The number of fused-ring (bicyclic) bond motifs is 2. The quantitative estimate of drug-likeness (QED) is 0.251. The molecule has 156 valence electrons. The lowest BCUT2D eigenvalue weighted by atomic mass is 9.88. The molecule has 1 heterocycles. The molecule has 0 aliphatic heterocycles. The third-order valence-electron chi connectivity index (χ3n) is 4.35. The Balaban J connectivity index is 1.56.